The minimum absolute atomic E-state index is 0.254. The predicted octanol–water partition coefficient (Wildman–Crippen LogP) is 3.89. The van der Waals surface area contributed by atoms with Gasteiger partial charge in [-0.05, 0) is 32.4 Å². The number of halogens is 4. The Morgan fingerprint density at radius 1 is 1.11 bits per heavy atom. The van der Waals surface area contributed by atoms with Crippen LogP contribution < -0.4 is 5.32 Å². The van der Waals surface area contributed by atoms with Crippen molar-refractivity contribution in [3.63, 3.8) is 0 Å². The Balaban J connectivity index is 2.39. The molecule has 1 aliphatic heterocycles. The number of alkyl halides is 4. The molecule has 0 spiro atoms. The Hall–Kier alpha value is -1.10. The maximum atomic E-state index is 15.0. The van der Waals surface area contributed by atoms with Gasteiger partial charge < -0.3 is 5.32 Å². The summed E-state index contributed by atoms with van der Waals surface area (Å²) in [6.45, 7) is 2.47. The molecule has 1 fully saturated rings. The molecule has 0 radical (unpaired) electrons. The zero-order chi connectivity index (χ0) is 14.1. The number of piperidine rings is 1. The molecular weight excluding hydrogens is 258 g/mol. The van der Waals surface area contributed by atoms with Crippen LogP contribution in [0.3, 0.4) is 0 Å². The molecule has 1 heterocycles. The summed E-state index contributed by atoms with van der Waals surface area (Å²) < 4.78 is 53.8. The summed E-state index contributed by atoms with van der Waals surface area (Å²) >= 11 is 0. The highest BCUT2D eigenvalue weighted by molar-refractivity contribution is 5.35. The first-order valence-corrected chi connectivity index (χ1v) is 6.40. The Kier molecular flexibility index (Phi) is 3.85. The van der Waals surface area contributed by atoms with Crippen LogP contribution in [-0.4, -0.2) is 13.1 Å². The highest BCUT2D eigenvalue weighted by atomic mass is 19.4. The van der Waals surface area contributed by atoms with Gasteiger partial charge in [0.15, 0.2) is 0 Å². The van der Waals surface area contributed by atoms with Crippen molar-refractivity contribution >= 4 is 0 Å². The highest BCUT2D eigenvalue weighted by Crippen LogP contribution is 2.43. The zero-order valence-electron chi connectivity index (χ0n) is 10.7. The summed E-state index contributed by atoms with van der Waals surface area (Å²) in [6, 6.07) is 4.95. The van der Waals surface area contributed by atoms with Crippen molar-refractivity contribution in [3.05, 3.63) is 35.4 Å². The molecule has 1 aliphatic rings. The van der Waals surface area contributed by atoms with E-state index in [1.54, 1.807) is 0 Å². The van der Waals surface area contributed by atoms with Gasteiger partial charge in [-0.3, -0.25) is 0 Å². The van der Waals surface area contributed by atoms with Crippen LogP contribution >= 0.6 is 0 Å². The fourth-order valence-corrected chi connectivity index (χ4v) is 2.69. The van der Waals surface area contributed by atoms with E-state index in [9.17, 15) is 17.6 Å². The van der Waals surface area contributed by atoms with E-state index in [2.05, 4.69) is 5.32 Å². The molecule has 0 saturated carbocycles. The number of hydrogen-bond donors (Lipinski definition) is 1. The van der Waals surface area contributed by atoms with E-state index in [-0.39, 0.29) is 5.56 Å². The first-order valence-electron chi connectivity index (χ1n) is 6.40. The second-order valence-electron chi connectivity index (χ2n) is 5.16. The largest absolute Gasteiger partial charge is 0.416 e. The number of hydrogen-bond acceptors (Lipinski definition) is 1. The van der Waals surface area contributed by atoms with Gasteiger partial charge in [-0.25, -0.2) is 4.39 Å². The first-order chi connectivity index (χ1) is 8.83. The van der Waals surface area contributed by atoms with Crippen molar-refractivity contribution in [2.24, 2.45) is 5.92 Å². The van der Waals surface area contributed by atoms with Gasteiger partial charge in [0.2, 0.25) is 0 Å². The summed E-state index contributed by atoms with van der Waals surface area (Å²) in [6.07, 6.45) is -3.13. The van der Waals surface area contributed by atoms with Crippen molar-refractivity contribution in [2.45, 2.75) is 31.6 Å². The van der Waals surface area contributed by atoms with Crippen LogP contribution in [0.5, 0.6) is 0 Å². The van der Waals surface area contributed by atoms with Gasteiger partial charge in [-0.15, -0.1) is 0 Å². The van der Waals surface area contributed by atoms with Crippen molar-refractivity contribution in [2.75, 3.05) is 13.1 Å². The normalized spacial score (nSPS) is 23.9. The number of benzene rings is 1. The van der Waals surface area contributed by atoms with Crippen LogP contribution in [-0.2, 0) is 11.8 Å². The van der Waals surface area contributed by atoms with Gasteiger partial charge in [0, 0.05) is 18.0 Å². The fraction of sp³-hybridized carbons (Fsp3) is 0.571. The molecule has 0 bridgehead atoms. The molecule has 2 unspecified atom stereocenters. The summed E-state index contributed by atoms with van der Waals surface area (Å²) in [5.41, 5.74) is -3.10. The van der Waals surface area contributed by atoms with Gasteiger partial charge in [-0.2, -0.15) is 13.2 Å². The zero-order valence-corrected chi connectivity index (χ0v) is 10.7. The van der Waals surface area contributed by atoms with Gasteiger partial charge in [0.1, 0.15) is 5.67 Å². The van der Waals surface area contributed by atoms with E-state index in [0.717, 1.165) is 19.0 Å². The molecule has 1 saturated heterocycles. The molecule has 2 rings (SSSR count). The van der Waals surface area contributed by atoms with Crippen molar-refractivity contribution in [1.82, 2.24) is 5.32 Å². The first kappa shape index (κ1) is 14.3. The van der Waals surface area contributed by atoms with Crippen LogP contribution in [0.1, 0.15) is 30.9 Å². The van der Waals surface area contributed by atoms with E-state index in [0.29, 0.717) is 13.0 Å². The number of nitrogens with one attached hydrogen (secondary N) is 1. The molecule has 0 amide bonds. The quantitative estimate of drug-likeness (QED) is 0.807. The predicted molar refractivity (Wildman–Crippen MR) is 65.5 cm³/mol. The minimum Gasteiger partial charge on any atom is -0.316 e. The second-order valence-corrected chi connectivity index (χ2v) is 5.16. The molecule has 1 nitrogen and oxygen atoms in total. The fourth-order valence-electron chi connectivity index (χ4n) is 2.69. The maximum absolute atomic E-state index is 15.0. The molecule has 2 atom stereocenters. The maximum Gasteiger partial charge on any atom is 0.416 e. The van der Waals surface area contributed by atoms with Gasteiger partial charge in [0.05, 0.1) is 5.56 Å². The summed E-state index contributed by atoms with van der Waals surface area (Å²) in [4.78, 5) is 0. The minimum atomic E-state index is -4.52. The van der Waals surface area contributed by atoms with Crippen molar-refractivity contribution in [3.8, 4) is 0 Å². The Labute approximate surface area is 110 Å². The van der Waals surface area contributed by atoms with E-state index in [1.807, 2.05) is 0 Å². The lowest BCUT2D eigenvalue weighted by molar-refractivity contribution is -0.140. The molecule has 106 valence electrons. The summed E-state index contributed by atoms with van der Waals surface area (Å²) in [5.74, 6) is -0.426. The molecule has 1 aromatic carbocycles. The summed E-state index contributed by atoms with van der Waals surface area (Å²) in [5, 5.41) is 3.05. The monoisotopic (exact) mass is 275 g/mol. The molecule has 0 aromatic heterocycles. The summed E-state index contributed by atoms with van der Waals surface area (Å²) in [7, 11) is 0. The van der Waals surface area contributed by atoms with E-state index >= 15 is 0 Å². The van der Waals surface area contributed by atoms with Crippen LogP contribution in [0, 0.1) is 5.92 Å². The molecule has 0 aliphatic carbocycles. The van der Waals surface area contributed by atoms with E-state index < -0.39 is 23.3 Å². The smallest absolute Gasteiger partial charge is 0.316 e. The van der Waals surface area contributed by atoms with Crippen molar-refractivity contribution in [1.29, 1.82) is 0 Å². The SMILES string of the molecule is CC(F)(c1ccccc1C(F)(F)F)C1CCCNC1. The third-order valence-corrected chi connectivity index (χ3v) is 3.82. The van der Waals surface area contributed by atoms with Crippen molar-refractivity contribution < 1.29 is 17.6 Å². The van der Waals surface area contributed by atoms with Crippen LogP contribution in [0.15, 0.2) is 24.3 Å². The van der Waals surface area contributed by atoms with Crippen LogP contribution in [0.25, 0.3) is 0 Å². The lowest BCUT2D eigenvalue weighted by Crippen LogP contribution is -2.40. The Morgan fingerprint density at radius 2 is 1.74 bits per heavy atom. The lowest BCUT2D eigenvalue weighted by Gasteiger charge is -2.35. The third-order valence-electron chi connectivity index (χ3n) is 3.82. The molecule has 1 aromatic rings. The average Bonchev–Trinajstić information content (AvgIpc) is 2.39. The topological polar surface area (TPSA) is 12.0 Å². The van der Waals surface area contributed by atoms with E-state index in [1.165, 1.54) is 25.1 Å². The molecule has 19 heavy (non-hydrogen) atoms. The van der Waals surface area contributed by atoms with Gasteiger partial charge in [-0.1, -0.05) is 18.2 Å². The molecule has 1 N–H and O–H groups in total. The third kappa shape index (κ3) is 2.91. The average molecular weight is 275 g/mol. The van der Waals surface area contributed by atoms with Gasteiger partial charge >= 0.3 is 6.18 Å². The van der Waals surface area contributed by atoms with Crippen LogP contribution in [0.4, 0.5) is 17.6 Å². The molecular formula is C14H17F4N. The van der Waals surface area contributed by atoms with E-state index in [4.69, 9.17) is 0 Å². The highest BCUT2D eigenvalue weighted by Gasteiger charge is 2.43. The lowest BCUT2D eigenvalue weighted by atomic mass is 9.78. The second kappa shape index (κ2) is 5.12. The van der Waals surface area contributed by atoms with Gasteiger partial charge in [0.25, 0.3) is 0 Å². The van der Waals surface area contributed by atoms with Crippen LogP contribution in [0.2, 0.25) is 0 Å². The molecule has 5 heteroatoms. The Bertz CT molecular complexity index is 433. The number of rotatable bonds is 2. The standard InChI is InChI=1S/C14H17F4N/c1-13(15,10-5-4-8-19-9-10)11-6-2-3-7-12(11)14(16,17)18/h2-3,6-7,10,19H,4-5,8-9H2,1H3. The Morgan fingerprint density at radius 3 is 2.26 bits per heavy atom.